The van der Waals surface area contributed by atoms with Crippen molar-refractivity contribution in [2.24, 2.45) is 0 Å². The smallest absolute Gasteiger partial charge is 0.339 e. The largest absolute Gasteiger partial charge is 0.495 e. The van der Waals surface area contributed by atoms with Gasteiger partial charge in [-0.05, 0) is 28.9 Å². The Hall–Kier alpha value is -1.10. The topological polar surface area (TPSA) is 46.5 Å². The van der Waals surface area contributed by atoms with E-state index in [1.807, 2.05) is 0 Å². The summed E-state index contributed by atoms with van der Waals surface area (Å²) in [5.74, 6) is -1.60. The highest BCUT2D eigenvalue weighted by atomic mass is 79.9. The number of carboxylic acid groups (broad SMARTS) is 1. The molecule has 0 fully saturated rings. The summed E-state index contributed by atoms with van der Waals surface area (Å²) in [5.41, 5.74) is 0.123. The summed E-state index contributed by atoms with van der Waals surface area (Å²) in [6, 6.07) is 1.18. The Morgan fingerprint density at radius 2 is 2.21 bits per heavy atom. The van der Waals surface area contributed by atoms with E-state index < -0.39 is 11.8 Å². The van der Waals surface area contributed by atoms with Crippen molar-refractivity contribution in [1.82, 2.24) is 0 Å². The highest BCUT2D eigenvalue weighted by molar-refractivity contribution is 9.10. The van der Waals surface area contributed by atoms with Gasteiger partial charge in [0.1, 0.15) is 17.1 Å². The molecule has 0 saturated carbocycles. The predicted molar refractivity (Wildman–Crippen MR) is 52.3 cm³/mol. The van der Waals surface area contributed by atoms with Crippen LogP contribution in [0.5, 0.6) is 5.75 Å². The minimum atomic E-state index is -1.15. The first-order chi connectivity index (χ1) is 6.49. The van der Waals surface area contributed by atoms with Crippen molar-refractivity contribution in [1.29, 1.82) is 0 Å². The molecule has 1 rings (SSSR count). The second-order valence-corrected chi connectivity index (χ2v) is 3.54. The van der Waals surface area contributed by atoms with Crippen molar-refractivity contribution in [3.05, 3.63) is 27.5 Å². The van der Waals surface area contributed by atoms with Crippen LogP contribution >= 0.6 is 15.9 Å². The van der Waals surface area contributed by atoms with Crippen molar-refractivity contribution in [2.45, 2.75) is 6.92 Å². The molecule has 14 heavy (non-hydrogen) atoms. The average molecular weight is 263 g/mol. The van der Waals surface area contributed by atoms with Gasteiger partial charge in [-0.3, -0.25) is 0 Å². The Bertz CT molecular complexity index is 390. The minimum Gasteiger partial charge on any atom is -0.495 e. The van der Waals surface area contributed by atoms with E-state index in [1.165, 1.54) is 20.1 Å². The summed E-state index contributed by atoms with van der Waals surface area (Å²) in [7, 11) is 1.31. The zero-order valence-electron chi connectivity index (χ0n) is 7.60. The van der Waals surface area contributed by atoms with Gasteiger partial charge >= 0.3 is 5.97 Å². The zero-order valence-corrected chi connectivity index (χ0v) is 9.18. The maximum absolute atomic E-state index is 13.3. The van der Waals surface area contributed by atoms with Crippen LogP contribution in [-0.4, -0.2) is 18.2 Å². The molecule has 1 aromatic carbocycles. The molecule has 0 aliphatic heterocycles. The predicted octanol–water partition coefficient (Wildman–Crippen LogP) is 2.60. The van der Waals surface area contributed by atoms with Crippen LogP contribution in [-0.2, 0) is 0 Å². The number of ether oxygens (including phenoxy) is 1. The fourth-order valence-corrected chi connectivity index (χ4v) is 1.68. The molecular formula is C9H8BrFO3. The van der Waals surface area contributed by atoms with Crippen molar-refractivity contribution >= 4 is 21.9 Å². The number of benzene rings is 1. The number of rotatable bonds is 2. The monoisotopic (exact) mass is 262 g/mol. The number of hydrogen-bond acceptors (Lipinski definition) is 2. The summed E-state index contributed by atoms with van der Waals surface area (Å²) in [6.45, 7) is 1.46. The lowest BCUT2D eigenvalue weighted by Crippen LogP contribution is -2.04. The molecule has 0 aromatic heterocycles. The molecule has 0 atom stereocenters. The zero-order chi connectivity index (χ0) is 10.9. The number of carboxylic acids is 1. The van der Waals surface area contributed by atoms with Gasteiger partial charge in [0.25, 0.3) is 0 Å². The van der Waals surface area contributed by atoms with Crippen molar-refractivity contribution in [2.75, 3.05) is 7.11 Å². The molecule has 76 valence electrons. The van der Waals surface area contributed by atoms with Crippen LogP contribution < -0.4 is 4.74 Å². The molecule has 0 heterocycles. The molecule has 0 saturated heterocycles. The second kappa shape index (κ2) is 3.96. The van der Waals surface area contributed by atoms with Crippen LogP contribution in [0, 0.1) is 12.7 Å². The van der Waals surface area contributed by atoms with Gasteiger partial charge in [0.2, 0.25) is 0 Å². The Labute approximate surface area is 88.6 Å². The summed E-state index contributed by atoms with van der Waals surface area (Å²) in [5, 5.41) is 8.81. The summed E-state index contributed by atoms with van der Waals surface area (Å²) >= 11 is 2.93. The van der Waals surface area contributed by atoms with Crippen LogP contribution in [0.2, 0.25) is 0 Å². The van der Waals surface area contributed by atoms with E-state index in [0.29, 0.717) is 0 Å². The van der Waals surface area contributed by atoms with Crippen LogP contribution in [0.25, 0.3) is 0 Å². The van der Waals surface area contributed by atoms with E-state index in [0.717, 1.165) is 0 Å². The van der Waals surface area contributed by atoms with Gasteiger partial charge < -0.3 is 9.84 Å². The van der Waals surface area contributed by atoms with Crippen LogP contribution in [0.1, 0.15) is 15.9 Å². The number of hydrogen-bond donors (Lipinski definition) is 1. The van der Waals surface area contributed by atoms with Crippen LogP contribution in [0.3, 0.4) is 0 Å². The Balaban J connectivity index is 3.51. The molecular weight excluding hydrogens is 255 g/mol. The lowest BCUT2D eigenvalue weighted by molar-refractivity contribution is 0.0693. The van der Waals surface area contributed by atoms with Gasteiger partial charge in [0.05, 0.1) is 11.6 Å². The molecule has 0 aliphatic rings. The quantitative estimate of drug-likeness (QED) is 0.892. The van der Waals surface area contributed by atoms with Crippen molar-refractivity contribution in [3.63, 3.8) is 0 Å². The number of carbonyl (C=O) groups is 1. The molecule has 0 bridgehead atoms. The first-order valence-corrected chi connectivity index (χ1v) is 4.54. The highest BCUT2D eigenvalue weighted by Gasteiger charge is 2.18. The lowest BCUT2D eigenvalue weighted by Gasteiger charge is -2.10. The number of methoxy groups -OCH3 is 1. The molecule has 0 amide bonds. The summed E-state index contributed by atoms with van der Waals surface area (Å²) < 4.78 is 18.3. The maximum Gasteiger partial charge on any atom is 0.339 e. The number of aromatic carboxylic acids is 1. The first-order valence-electron chi connectivity index (χ1n) is 3.75. The Morgan fingerprint density at radius 1 is 1.64 bits per heavy atom. The molecule has 0 unspecified atom stereocenters. The van der Waals surface area contributed by atoms with Gasteiger partial charge in [0, 0.05) is 5.56 Å². The summed E-state index contributed by atoms with van der Waals surface area (Å²) in [4.78, 5) is 10.8. The van der Waals surface area contributed by atoms with Crippen molar-refractivity contribution in [3.8, 4) is 5.75 Å². The van der Waals surface area contributed by atoms with Gasteiger partial charge in [-0.1, -0.05) is 0 Å². The molecule has 5 heteroatoms. The summed E-state index contributed by atoms with van der Waals surface area (Å²) in [6.07, 6.45) is 0. The van der Waals surface area contributed by atoms with E-state index in [1.54, 1.807) is 0 Å². The molecule has 3 nitrogen and oxygen atoms in total. The maximum atomic E-state index is 13.3. The molecule has 1 N–H and O–H groups in total. The SMILES string of the molecule is COc1c(C(=O)O)cc(Br)c(F)c1C. The molecule has 0 spiro atoms. The molecule has 0 aliphatic carbocycles. The van der Waals surface area contributed by atoms with Gasteiger partial charge in [0.15, 0.2) is 0 Å². The van der Waals surface area contributed by atoms with Gasteiger partial charge in [-0.2, -0.15) is 0 Å². The standard InChI is InChI=1S/C9H8BrFO3/c1-4-7(11)6(10)3-5(9(12)13)8(4)14-2/h3H,1-2H3,(H,12,13). The third kappa shape index (κ3) is 1.72. The van der Waals surface area contributed by atoms with Crippen molar-refractivity contribution < 1.29 is 19.0 Å². The van der Waals surface area contributed by atoms with E-state index in [4.69, 9.17) is 9.84 Å². The van der Waals surface area contributed by atoms with Crippen LogP contribution in [0.15, 0.2) is 10.5 Å². The average Bonchev–Trinajstić information content (AvgIpc) is 2.13. The highest BCUT2D eigenvalue weighted by Crippen LogP contribution is 2.31. The first kappa shape index (κ1) is 11.0. The Morgan fingerprint density at radius 3 is 2.64 bits per heavy atom. The van der Waals surface area contributed by atoms with E-state index >= 15 is 0 Å². The molecule has 1 aromatic rings. The normalized spacial score (nSPS) is 10.0. The Kier molecular flexibility index (Phi) is 3.10. The fraction of sp³-hybridized carbons (Fsp3) is 0.222. The molecule has 0 radical (unpaired) electrons. The van der Waals surface area contributed by atoms with Gasteiger partial charge in [-0.25, -0.2) is 9.18 Å². The number of halogens is 2. The lowest BCUT2D eigenvalue weighted by atomic mass is 10.1. The van der Waals surface area contributed by atoms with Gasteiger partial charge in [-0.15, -0.1) is 0 Å². The third-order valence-corrected chi connectivity index (χ3v) is 2.41. The van der Waals surface area contributed by atoms with E-state index in [9.17, 15) is 9.18 Å². The van der Waals surface area contributed by atoms with Crippen LogP contribution in [0.4, 0.5) is 4.39 Å². The van der Waals surface area contributed by atoms with E-state index in [2.05, 4.69) is 15.9 Å². The fourth-order valence-electron chi connectivity index (χ4n) is 1.16. The third-order valence-electron chi connectivity index (χ3n) is 1.83. The van der Waals surface area contributed by atoms with E-state index in [-0.39, 0.29) is 21.3 Å². The minimum absolute atomic E-state index is 0.0539. The second-order valence-electron chi connectivity index (χ2n) is 2.68.